The molecule has 1 amide bonds. The number of Topliss-reactive ketones (excluding diaryl/α,β-unsaturated/α-hetero) is 1. The molecule has 2 aromatic carbocycles. The molecule has 0 aromatic heterocycles. The molecule has 1 aliphatic heterocycles. The monoisotopic (exact) mass is 598 g/mol. The minimum Gasteiger partial charge on any atom is -0.507 e. The van der Waals surface area contributed by atoms with Crippen molar-refractivity contribution in [2.24, 2.45) is 0 Å². The topological polar surface area (TPSA) is 201 Å². The molecule has 6 atom stereocenters. The highest BCUT2D eigenvalue weighted by molar-refractivity contribution is 6.31. The summed E-state index contributed by atoms with van der Waals surface area (Å²) >= 11 is 0. The third-order valence-corrected chi connectivity index (χ3v) is 8.45. The van der Waals surface area contributed by atoms with Crippen molar-refractivity contribution in [2.75, 3.05) is 13.8 Å². The third-order valence-electron chi connectivity index (χ3n) is 8.45. The van der Waals surface area contributed by atoms with Gasteiger partial charge in [-0.1, -0.05) is 12.1 Å². The van der Waals surface area contributed by atoms with Gasteiger partial charge in [0.25, 0.3) is 0 Å². The van der Waals surface area contributed by atoms with Crippen molar-refractivity contribution in [1.82, 2.24) is 10.6 Å². The number of ether oxygens (including phenoxy) is 3. The van der Waals surface area contributed by atoms with Gasteiger partial charge in [0.05, 0.1) is 48.8 Å². The second kappa shape index (κ2) is 11.3. The minimum atomic E-state index is -2.04. The fourth-order valence-electron chi connectivity index (χ4n) is 6.13. The second-order valence-electron chi connectivity index (χ2n) is 11.2. The standard InChI is InChI=1S/C30H34N2O11/c1-12-25(35)17(32-11-31-14(3)34)8-20(42-12)43-19-10-30(40,13(2)33)9-16-22(19)29(39)24-23(27(16)37)26(36)15-6-5-7-18(41-4)21(15)28(24)38/h5-7,12,17,19-20,25,32,35,37,39-40H,8-11H2,1-4H3,(H,31,34)/t12-,17-,19-,20-,25+,30-/m0/s1. The largest absolute Gasteiger partial charge is 0.507 e. The Kier molecular flexibility index (Phi) is 8.05. The Labute approximate surface area is 246 Å². The van der Waals surface area contributed by atoms with E-state index in [0.29, 0.717) is 0 Å². The van der Waals surface area contributed by atoms with Gasteiger partial charge in [-0.15, -0.1) is 0 Å². The van der Waals surface area contributed by atoms with Crippen molar-refractivity contribution in [2.45, 2.75) is 76.3 Å². The number of carbonyl (C=O) groups excluding carboxylic acids is 4. The summed E-state index contributed by atoms with van der Waals surface area (Å²) < 4.78 is 17.4. The van der Waals surface area contributed by atoms with E-state index in [0.717, 1.165) is 0 Å². The van der Waals surface area contributed by atoms with Gasteiger partial charge in [0.2, 0.25) is 11.7 Å². The summed E-state index contributed by atoms with van der Waals surface area (Å²) in [6, 6.07) is 3.82. The van der Waals surface area contributed by atoms with Crippen LogP contribution in [-0.4, -0.2) is 87.6 Å². The van der Waals surface area contributed by atoms with Gasteiger partial charge < -0.3 is 40.0 Å². The molecule has 0 spiro atoms. The average Bonchev–Trinajstić information content (AvgIpc) is 2.95. The molecule has 3 aliphatic rings. The highest BCUT2D eigenvalue weighted by atomic mass is 16.7. The lowest BCUT2D eigenvalue weighted by Crippen LogP contribution is -2.56. The molecule has 0 unspecified atom stereocenters. The Morgan fingerprint density at radius 3 is 2.44 bits per heavy atom. The molecule has 5 rings (SSSR count). The maximum absolute atomic E-state index is 13.8. The normalized spacial score (nSPS) is 28.0. The number of rotatable bonds is 7. The summed E-state index contributed by atoms with van der Waals surface area (Å²) in [5, 5.41) is 50.6. The zero-order valence-corrected chi connectivity index (χ0v) is 24.1. The third kappa shape index (κ3) is 5.17. The van der Waals surface area contributed by atoms with Crippen molar-refractivity contribution in [1.29, 1.82) is 0 Å². The lowest BCUT2D eigenvalue weighted by atomic mass is 9.72. The molecule has 0 bridgehead atoms. The van der Waals surface area contributed by atoms with Crippen LogP contribution < -0.4 is 15.4 Å². The number of carbonyl (C=O) groups is 4. The van der Waals surface area contributed by atoms with Crippen LogP contribution in [0.1, 0.15) is 82.7 Å². The number of hydrogen-bond donors (Lipinski definition) is 6. The molecule has 13 nitrogen and oxygen atoms in total. The van der Waals surface area contributed by atoms with Crippen LogP contribution in [0.25, 0.3) is 0 Å². The molecule has 0 radical (unpaired) electrons. The molecule has 6 N–H and O–H groups in total. The van der Waals surface area contributed by atoms with E-state index in [1.54, 1.807) is 6.92 Å². The number of benzene rings is 2. The first-order chi connectivity index (χ1) is 20.3. The fraction of sp³-hybridized carbons (Fsp3) is 0.467. The molecule has 2 aromatic rings. The number of hydrogen-bond acceptors (Lipinski definition) is 12. The minimum absolute atomic E-state index is 0.0297. The summed E-state index contributed by atoms with van der Waals surface area (Å²) in [4.78, 5) is 51.3. The number of aromatic hydroxyl groups is 2. The number of aliphatic hydroxyl groups excluding tert-OH is 1. The lowest BCUT2D eigenvalue weighted by molar-refractivity contribution is -0.249. The van der Waals surface area contributed by atoms with E-state index in [1.165, 1.54) is 39.2 Å². The molecule has 230 valence electrons. The number of ketones is 3. The molecule has 1 heterocycles. The first kappa shape index (κ1) is 30.6. The van der Waals surface area contributed by atoms with Gasteiger partial charge >= 0.3 is 0 Å². The number of aliphatic hydroxyl groups is 2. The first-order valence-corrected chi connectivity index (χ1v) is 13.9. The van der Waals surface area contributed by atoms with Crippen molar-refractivity contribution in [3.05, 3.63) is 51.6 Å². The number of phenols is 2. The molecule has 1 saturated heterocycles. The average molecular weight is 599 g/mol. The Morgan fingerprint density at radius 2 is 1.79 bits per heavy atom. The summed E-state index contributed by atoms with van der Waals surface area (Å²) in [6.45, 7) is 4.20. The summed E-state index contributed by atoms with van der Waals surface area (Å²) in [6.07, 6.45) is -4.77. The van der Waals surface area contributed by atoms with Crippen LogP contribution >= 0.6 is 0 Å². The Bertz CT molecular complexity index is 1520. The maximum atomic E-state index is 13.8. The smallest absolute Gasteiger partial charge is 0.217 e. The number of nitrogens with one attached hydrogen (secondary N) is 2. The van der Waals surface area contributed by atoms with E-state index in [9.17, 15) is 39.6 Å². The van der Waals surface area contributed by atoms with Gasteiger partial charge in [0.1, 0.15) is 22.8 Å². The summed E-state index contributed by atoms with van der Waals surface area (Å²) in [7, 11) is 1.33. The Balaban J connectivity index is 1.58. The van der Waals surface area contributed by atoms with Crippen molar-refractivity contribution in [3.63, 3.8) is 0 Å². The molecule has 13 heteroatoms. The van der Waals surface area contributed by atoms with Crippen LogP contribution in [0.15, 0.2) is 18.2 Å². The highest BCUT2D eigenvalue weighted by Gasteiger charge is 2.49. The van der Waals surface area contributed by atoms with Gasteiger partial charge in [0, 0.05) is 48.9 Å². The predicted octanol–water partition coefficient (Wildman–Crippen LogP) is 0.753. The van der Waals surface area contributed by atoms with Crippen LogP contribution in [0.4, 0.5) is 0 Å². The van der Waals surface area contributed by atoms with Gasteiger partial charge in [-0.2, -0.15) is 0 Å². The second-order valence-corrected chi connectivity index (χ2v) is 11.2. The van der Waals surface area contributed by atoms with Crippen LogP contribution in [-0.2, 0) is 25.5 Å². The van der Waals surface area contributed by atoms with Gasteiger partial charge in [-0.05, 0) is 19.9 Å². The maximum Gasteiger partial charge on any atom is 0.217 e. The highest BCUT2D eigenvalue weighted by Crippen LogP contribution is 2.52. The number of phenolic OH excluding ortho intramolecular Hbond substituents is 2. The summed E-state index contributed by atoms with van der Waals surface area (Å²) in [5.74, 6) is -3.56. The quantitative estimate of drug-likeness (QED) is 0.165. The van der Waals surface area contributed by atoms with Crippen molar-refractivity contribution >= 4 is 23.3 Å². The van der Waals surface area contributed by atoms with E-state index >= 15 is 0 Å². The van der Waals surface area contributed by atoms with Crippen LogP contribution in [0.2, 0.25) is 0 Å². The van der Waals surface area contributed by atoms with E-state index in [4.69, 9.17) is 14.2 Å². The van der Waals surface area contributed by atoms with E-state index in [1.807, 2.05) is 0 Å². The zero-order valence-electron chi connectivity index (χ0n) is 24.1. The molecule has 43 heavy (non-hydrogen) atoms. The van der Waals surface area contributed by atoms with E-state index in [2.05, 4.69) is 10.6 Å². The van der Waals surface area contributed by atoms with E-state index in [-0.39, 0.29) is 53.4 Å². The Morgan fingerprint density at radius 1 is 1.09 bits per heavy atom. The van der Waals surface area contributed by atoms with Crippen molar-refractivity contribution < 1.29 is 53.8 Å². The SMILES string of the molecule is COc1cccc2c1C(=O)c1c(O)c3c(c(O)c1C2=O)C[C@@](O)(C(C)=O)C[C@@H]3O[C@H]1C[C@H](NCNC(C)=O)[C@H](O)[C@H](C)O1. The van der Waals surface area contributed by atoms with Gasteiger partial charge in [-0.3, -0.25) is 24.5 Å². The summed E-state index contributed by atoms with van der Waals surface area (Å²) in [5.41, 5.74) is -3.20. The number of methoxy groups -OCH3 is 1. The van der Waals surface area contributed by atoms with Crippen LogP contribution in [0.3, 0.4) is 0 Å². The molecule has 2 aliphatic carbocycles. The first-order valence-electron chi connectivity index (χ1n) is 13.9. The molecular weight excluding hydrogens is 564 g/mol. The fourth-order valence-corrected chi connectivity index (χ4v) is 6.13. The van der Waals surface area contributed by atoms with Crippen LogP contribution in [0, 0.1) is 0 Å². The van der Waals surface area contributed by atoms with Gasteiger partial charge in [-0.25, -0.2) is 0 Å². The van der Waals surface area contributed by atoms with Gasteiger partial charge in [0.15, 0.2) is 17.9 Å². The molecule has 1 fully saturated rings. The van der Waals surface area contributed by atoms with Crippen LogP contribution in [0.5, 0.6) is 17.2 Å². The van der Waals surface area contributed by atoms with Crippen molar-refractivity contribution in [3.8, 4) is 17.2 Å². The molecule has 0 saturated carbocycles. The number of fused-ring (bicyclic) bond motifs is 3. The Hall–Kier alpha value is -3.88. The van der Waals surface area contributed by atoms with E-state index < -0.39 is 82.6 Å². The predicted molar refractivity (Wildman–Crippen MR) is 148 cm³/mol. The lowest BCUT2D eigenvalue weighted by Gasteiger charge is -2.43. The zero-order chi connectivity index (χ0) is 31.4. The molecular formula is C30H34N2O11. The number of amides is 1.